The first kappa shape index (κ1) is 23.5. The smallest absolute Gasteiger partial charge is 0.261 e. The van der Waals surface area contributed by atoms with Gasteiger partial charge in [0.2, 0.25) is 5.91 Å². The second-order valence-electron chi connectivity index (χ2n) is 6.72. The van der Waals surface area contributed by atoms with Crippen LogP contribution in [0.25, 0.3) is 0 Å². The second-order valence-corrected chi connectivity index (χ2v) is 10.4. The van der Waals surface area contributed by atoms with E-state index < -0.39 is 10.0 Å². The van der Waals surface area contributed by atoms with E-state index in [9.17, 15) is 13.2 Å². The van der Waals surface area contributed by atoms with Crippen LogP contribution < -0.4 is 10.0 Å². The first-order valence-corrected chi connectivity index (χ1v) is 12.5. The summed E-state index contributed by atoms with van der Waals surface area (Å²) >= 11 is 13.6. The summed E-state index contributed by atoms with van der Waals surface area (Å²) < 4.78 is 27.9. The highest BCUT2D eigenvalue weighted by Gasteiger charge is 2.17. The van der Waals surface area contributed by atoms with E-state index in [0.717, 1.165) is 4.90 Å². The van der Waals surface area contributed by atoms with Gasteiger partial charge < -0.3 is 5.32 Å². The number of nitrogens with one attached hydrogen (secondary N) is 2. The zero-order chi connectivity index (χ0) is 22.4. The molecule has 9 heteroatoms. The van der Waals surface area contributed by atoms with Crippen molar-refractivity contribution < 1.29 is 13.2 Å². The SMILES string of the molecule is Cc1ccc(SCCC(=O)Nc2cc(S(=O)(=O)Nc3cccc(Cl)c3)ccc2Cl)cc1. The molecule has 3 rings (SSSR count). The fraction of sp³-hybridized carbons (Fsp3) is 0.136. The molecule has 0 spiro atoms. The summed E-state index contributed by atoms with van der Waals surface area (Å²) in [6.07, 6.45) is 0.257. The van der Waals surface area contributed by atoms with Crippen LogP contribution in [-0.2, 0) is 14.8 Å². The van der Waals surface area contributed by atoms with Gasteiger partial charge in [-0.2, -0.15) is 0 Å². The highest BCUT2D eigenvalue weighted by molar-refractivity contribution is 7.99. The maximum atomic E-state index is 12.7. The molecule has 3 aromatic carbocycles. The molecule has 2 N–H and O–H groups in total. The van der Waals surface area contributed by atoms with E-state index in [1.165, 1.54) is 29.8 Å². The molecular weight excluding hydrogens is 475 g/mol. The molecule has 0 heterocycles. The van der Waals surface area contributed by atoms with Crippen molar-refractivity contribution in [3.05, 3.63) is 82.3 Å². The van der Waals surface area contributed by atoms with Crippen LogP contribution in [0.15, 0.2) is 76.5 Å². The molecule has 3 aromatic rings. The molecule has 0 radical (unpaired) electrons. The molecule has 0 unspecified atom stereocenters. The van der Waals surface area contributed by atoms with Gasteiger partial charge in [0.15, 0.2) is 0 Å². The Labute approximate surface area is 196 Å². The quantitative estimate of drug-likeness (QED) is 0.364. The zero-order valence-electron chi connectivity index (χ0n) is 16.6. The molecule has 0 aliphatic carbocycles. The predicted octanol–water partition coefficient (Wildman–Crippen LogP) is 6.22. The van der Waals surface area contributed by atoms with Crippen LogP contribution in [0.2, 0.25) is 10.0 Å². The average Bonchev–Trinajstić information content (AvgIpc) is 2.71. The number of aryl methyl sites for hydroxylation is 1. The minimum Gasteiger partial charge on any atom is -0.325 e. The topological polar surface area (TPSA) is 75.3 Å². The summed E-state index contributed by atoms with van der Waals surface area (Å²) in [6, 6.07) is 18.6. The molecule has 0 saturated heterocycles. The molecular formula is C22H20Cl2N2O3S2. The van der Waals surface area contributed by atoms with E-state index in [0.29, 0.717) is 16.5 Å². The standard InChI is InChI=1S/C22H20Cl2N2O3S2/c1-15-5-7-18(8-6-15)30-12-11-22(27)25-21-14-19(9-10-20(21)24)31(28,29)26-17-4-2-3-16(23)13-17/h2-10,13-14,26H,11-12H2,1H3,(H,25,27). The molecule has 0 atom stereocenters. The van der Waals surface area contributed by atoms with Crippen molar-refractivity contribution in [1.29, 1.82) is 0 Å². The number of amides is 1. The molecule has 162 valence electrons. The number of sulfonamides is 1. The zero-order valence-corrected chi connectivity index (χ0v) is 19.7. The Bertz CT molecular complexity index is 1180. The number of thioether (sulfide) groups is 1. The number of hydrogen-bond donors (Lipinski definition) is 2. The summed E-state index contributed by atoms with van der Waals surface area (Å²) in [6.45, 7) is 2.02. The second kappa shape index (κ2) is 10.4. The van der Waals surface area contributed by atoms with E-state index in [2.05, 4.69) is 10.0 Å². The molecule has 1 amide bonds. The van der Waals surface area contributed by atoms with Gasteiger partial charge in [-0.25, -0.2) is 8.42 Å². The van der Waals surface area contributed by atoms with Gasteiger partial charge in [-0.05, 0) is 55.5 Å². The molecule has 0 aliphatic heterocycles. The van der Waals surface area contributed by atoms with E-state index in [-0.39, 0.29) is 27.9 Å². The molecule has 0 fully saturated rings. The van der Waals surface area contributed by atoms with Crippen molar-refractivity contribution in [2.75, 3.05) is 15.8 Å². The van der Waals surface area contributed by atoms with Crippen LogP contribution >= 0.6 is 35.0 Å². The lowest BCUT2D eigenvalue weighted by atomic mass is 10.2. The Morgan fingerprint density at radius 3 is 2.45 bits per heavy atom. The Morgan fingerprint density at radius 1 is 1.00 bits per heavy atom. The Hall–Kier alpha value is -2.19. The van der Waals surface area contributed by atoms with Crippen molar-refractivity contribution in [3.8, 4) is 0 Å². The van der Waals surface area contributed by atoms with Crippen LogP contribution in [0, 0.1) is 6.92 Å². The number of rotatable bonds is 8. The van der Waals surface area contributed by atoms with Crippen molar-refractivity contribution in [2.45, 2.75) is 23.1 Å². The third-order valence-corrected chi connectivity index (χ3v) is 7.18. The summed E-state index contributed by atoms with van der Waals surface area (Å²) in [4.78, 5) is 13.4. The Balaban J connectivity index is 1.64. The largest absolute Gasteiger partial charge is 0.325 e. The number of carbonyl (C=O) groups is 1. The summed E-state index contributed by atoms with van der Waals surface area (Å²) in [5, 5.41) is 3.35. The number of benzene rings is 3. The third kappa shape index (κ3) is 6.90. The number of hydrogen-bond acceptors (Lipinski definition) is 4. The van der Waals surface area contributed by atoms with E-state index >= 15 is 0 Å². The van der Waals surface area contributed by atoms with Crippen molar-refractivity contribution in [2.24, 2.45) is 0 Å². The highest BCUT2D eigenvalue weighted by atomic mass is 35.5. The first-order chi connectivity index (χ1) is 14.7. The Morgan fingerprint density at radius 2 is 1.74 bits per heavy atom. The fourth-order valence-electron chi connectivity index (χ4n) is 2.64. The van der Waals surface area contributed by atoms with Gasteiger partial charge in [0.1, 0.15) is 0 Å². The fourth-order valence-corrected chi connectivity index (χ4v) is 4.92. The van der Waals surface area contributed by atoms with Gasteiger partial charge in [0.05, 0.1) is 21.3 Å². The normalized spacial score (nSPS) is 11.2. The molecule has 0 aliphatic rings. The maximum Gasteiger partial charge on any atom is 0.261 e. The Kier molecular flexibility index (Phi) is 7.89. The van der Waals surface area contributed by atoms with Crippen LogP contribution in [0.5, 0.6) is 0 Å². The minimum atomic E-state index is -3.88. The summed E-state index contributed by atoms with van der Waals surface area (Å²) in [5.74, 6) is 0.333. The first-order valence-electron chi connectivity index (χ1n) is 9.30. The third-order valence-electron chi connectivity index (χ3n) is 4.22. The molecule has 31 heavy (non-hydrogen) atoms. The molecule has 0 bridgehead atoms. The monoisotopic (exact) mass is 494 g/mol. The lowest BCUT2D eigenvalue weighted by molar-refractivity contribution is -0.115. The van der Waals surface area contributed by atoms with E-state index in [1.807, 2.05) is 31.2 Å². The van der Waals surface area contributed by atoms with Crippen molar-refractivity contribution in [3.63, 3.8) is 0 Å². The van der Waals surface area contributed by atoms with Gasteiger partial charge >= 0.3 is 0 Å². The van der Waals surface area contributed by atoms with Crippen molar-refractivity contribution >= 4 is 62.3 Å². The lowest BCUT2D eigenvalue weighted by Crippen LogP contribution is -2.15. The number of halogens is 2. The highest BCUT2D eigenvalue weighted by Crippen LogP contribution is 2.27. The lowest BCUT2D eigenvalue weighted by Gasteiger charge is -2.12. The van der Waals surface area contributed by atoms with Crippen LogP contribution in [0.4, 0.5) is 11.4 Å². The minimum absolute atomic E-state index is 0.0267. The van der Waals surface area contributed by atoms with Gasteiger partial charge in [-0.15, -0.1) is 11.8 Å². The van der Waals surface area contributed by atoms with E-state index in [1.54, 1.807) is 30.0 Å². The molecule has 5 nitrogen and oxygen atoms in total. The average molecular weight is 495 g/mol. The summed E-state index contributed by atoms with van der Waals surface area (Å²) in [7, 11) is -3.88. The van der Waals surface area contributed by atoms with Crippen LogP contribution in [0.3, 0.4) is 0 Å². The predicted molar refractivity (Wildman–Crippen MR) is 129 cm³/mol. The molecule has 0 aromatic heterocycles. The van der Waals surface area contributed by atoms with Crippen molar-refractivity contribution in [1.82, 2.24) is 0 Å². The van der Waals surface area contributed by atoms with Gasteiger partial charge in [-0.1, -0.05) is 47.0 Å². The maximum absolute atomic E-state index is 12.7. The summed E-state index contributed by atoms with van der Waals surface area (Å²) in [5.41, 5.74) is 1.75. The molecule has 0 saturated carbocycles. The van der Waals surface area contributed by atoms with E-state index in [4.69, 9.17) is 23.2 Å². The number of carbonyl (C=O) groups excluding carboxylic acids is 1. The van der Waals surface area contributed by atoms with Gasteiger partial charge in [-0.3, -0.25) is 9.52 Å². The number of anilines is 2. The van der Waals surface area contributed by atoms with Gasteiger partial charge in [0.25, 0.3) is 10.0 Å². The van der Waals surface area contributed by atoms with Crippen LogP contribution in [-0.4, -0.2) is 20.1 Å². The van der Waals surface area contributed by atoms with Gasteiger partial charge in [0, 0.05) is 22.1 Å². The van der Waals surface area contributed by atoms with Crippen LogP contribution in [0.1, 0.15) is 12.0 Å².